The summed E-state index contributed by atoms with van der Waals surface area (Å²) in [6, 6.07) is 19.1. The summed E-state index contributed by atoms with van der Waals surface area (Å²) in [5, 5.41) is 25.7. The highest BCUT2D eigenvalue weighted by atomic mass is 16.6. The van der Waals surface area contributed by atoms with Gasteiger partial charge in [-0.1, -0.05) is 60.7 Å². The van der Waals surface area contributed by atoms with Gasteiger partial charge in [0.1, 0.15) is 0 Å². The monoisotopic (exact) mass is 426 g/mol. The number of rotatable bonds is 10. The minimum absolute atomic E-state index is 0.0920. The summed E-state index contributed by atoms with van der Waals surface area (Å²) in [5.74, 6) is -1.41. The molecule has 0 saturated heterocycles. The largest absolute Gasteiger partial charge is 0.464 e. The number of nitro groups is 1. The van der Waals surface area contributed by atoms with E-state index in [1.54, 1.807) is 6.92 Å². The second-order valence-electron chi connectivity index (χ2n) is 8.03. The van der Waals surface area contributed by atoms with Gasteiger partial charge in [-0.3, -0.25) is 10.1 Å². The van der Waals surface area contributed by atoms with Gasteiger partial charge >= 0.3 is 5.97 Å². The van der Waals surface area contributed by atoms with Crippen molar-refractivity contribution in [2.45, 2.75) is 44.4 Å². The summed E-state index contributed by atoms with van der Waals surface area (Å²) in [7, 11) is 0. The number of ether oxygens (including phenoxy) is 1. The lowest BCUT2D eigenvalue weighted by molar-refractivity contribution is -0.485. The molecule has 0 radical (unpaired) electrons. The molecular weight excluding hydrogens is 396 g/mol. The third-order valence-corrected chi connectivity index (χ3v) is 6.16. The van der Waals surface area contributed by atoms with Crippen LogP contribution in [0.25, 0.3) is 0 Å². The number of hydrogen-bond donors (Lipinski definition) is 2. The fourth-order valence-corrected chi connectivity index (χ4v) is 4.75. The van der Waals surface area contributed by atoms with E-state index in [1.807, 2.05) is 60.7 Å². The minimum atomic E-state index is -1.26. The summed E-state index contributed by atoms with van der Waals surface area (Å²) in [4.78, 5) is 23.5. The Morgan fingerprint density at radius 1 is 1.13 bits per heavy atom. The van der Waals surface area contributed by atoms with E-state index in [1.165, 1.54) is 0 Å². The fourth-order valence-electron chi connectivity index (χ4n) is 4.75. The van der Waals surface area contributed by atoms with E-state index < -0.39 is 12.1 Å². The van der Waals surface area contributed by atoms with Crippen LogP contribution in [0, 0.1) is 22.0 Å². The molecule has 31 heavy (non-hydrogen) atoms. The van der Waals surface area contributed by atoms with Gasteiger partial charge in [-0.2, -0.15) is 0 Å². The molecule has 1 aliphatic rings. The Balaban J connectivity index is 1.88. The van der Waals surface area contributed by atoms with Crippen LogP contribution in [0.5, 0.6) is 0 Å². The fraction of sp³-hybridized carbons (Fsp3) is 0.458. The van der Waals surface area contributed by atoms with E-state index in [0.29, 0.717) is 19.4 Å². The van der Waals surface area contributed by atoms with Crippen molar-refractivity contribution >= 4 is 5.97 Å². The van der Waals surface area contributed by atoms with Gasteiger partial charge in [-0.25, -0.2) is 4.79 Å². The molecule has 0 aromatic heterocycles. The molecule has 0 heterocycles. The number of nitrogens with zero attached hydrogens (tertiary/aromatic N) is 1. The third kappa shape index (κ3) is 5.89. The maximum atomic E-state index is 12.3. The molecule has 3 rings (SSSR count). The maximum Gasteiger partial charge on any atom is 0.335 e. The molecule has 7 heteroatoms. The highest BCUT2D eigenvalue weighted by molar-refractivity contribution is 5.75. The predicted molar refractivity (Wildman–Crippen MR) is 117 cm³/mol. The molecule has 0 aliphatic heterocycles. The summed E-state index contributed by atoms with van der Waals surface area (Å²) < 4.78 is 5.05. The van der Waals surface area contributed by atoms with Crippen LogP contribution < -0.4 is 5.32 Å². The van der Waals surface area contributed by atoms with Gasteiger partial charge < -0.3 is 15.2 Å². The lowest BCUT2D eigenvalue weighted by atomic mass is 9.80. The van der Waals surface area contributed by atoms with Crippen LogP contribution in [0.2, 0.25) is 0 Å². The van der Waals surface area contributed by atoms with Crippen LogP contribution in [0.4, 0.5) is 0 Å². The smallest absolute Gasteiger partial charge is 0.335 e. The molecule has 166 valence electrons. The Kier molecular flexibility index (Phi) is 8.14. The lowest BCUT2D eigenvalue weighted by Crippen LogP contribution is -2.46. The van der Waals surface area contributed by atoms with Crippen LogP contribution >= 0.6 is 0 Å². The van der Waals surface area contributed by atoms with Crippen molar-refractivity contribution in [2.75, 3.05) is 13.2 Å². The van der Waals surface area contributed by atoms with Crippen molar-refractivity contribution < 1.29 is 19.6 Å². The average Bonchev–Trinajstić information content (AvgIpc) is 3.20. The number of carbonyl (C=O) groups excluding carboxylic acids is 1. The van der Waals surface area contributed by atoms with Gasteiger partial charge in [0.25, 0.3) is 0 Å². The summed E-state index contributed by atoms with van der Waals surface area (Å²) in [6.45, 7) is 2.26. The van der Waals surface area contributed by atoms with Crippen molar-refractivity contribution in [1.82, 2.24) is 5.32 Å². The van der Waals surface area contributed by atoms with Gasteiger partial charge in [0, 0.05) is 23.4 Å². The Labute approximate surface area is 182 Å². The van der Waals surface area contributed by atoms with Crippen molar-refractivity contribution in [3.05, 3.63) is 81.9 Å². The quantitative estimate of drug-likeness (QED) is 0.344. The van der Waals surface area contributed by atoms with Gasteiger partial charge in [0.05, 0.1) is 12.5 Å². The van der Waals surface area contributed by atoms with Crippen LogP contribution in [0.1, 0.15) is 36.8 Å². The first-order valence-corrected chi connectivity index (χ1v) is 10.8. The molecule has 0 amide bonds. The second kappa shape index (κ2) is 11.0. The SMILES string of the molecule is CCOC(=O)[C@@H](O)[C@H]1CCC(C(C[N+](=O)[O-])c2ccccc2)C1NCc1ccccc1. The number of aliphatic hydroxyl groups excluding tert-OH is 1. The number of nitrogens with one attached hydrogen (secondary N) is 1. The van der Waals surface area contributed by atoms with Gasteiger partial charge in [-0.05, 0) is 36.8 Å². The van der Waals surface area contributed by atoms with Gasteiger partial charge in [0.2, 0.25) is 6.54 Å². The Morgan fingerprint density at radius 3 is 2.35 bits per heavy atom. The van der Waals surface area contributed by atoms with Gasteiger partial charge in [0.15, 0.2) is 6.10 Å². The molecule has 2 aromatic rings. The predicted octanol–water partition coefficient (Wildman–Crippen LogP) is 3.16. The van der Waals surface area contributed by atoms with E-state index in [-0.39, 0.29) is 41.9 Å². The topological polar surface area (TPSA) is 102 Å². The standard InChI is InChI=1S/C24H30N2O5/c1-2-31-24(28)23(27)20-14-13-19(22(20)25-15-17-9-5-3-6-10-17)21(16-26(29)30)18-11-7-4-8-12-18/h3-12,19-23,25,27H,2,13-16H2,1H3/t19?,20-,21?,22?,23-/m0/s1. The number of benzene rings is 2. The van der Waals surface area contributed by atoms with Crippen LogP contribution in [-0.2, 0) is 16.1 Å². The molecule has 1 aliphatic carbocycles. The zero-order valence-electron chi connectivity index (χ0n) is 17.7. The molecule has 5 atom stereocenters. The number of hydrogen-bond acceptors (Lipinski definition) is 6. The number of aliphatic hydroxyl groups is 1. The maximum absolute atomic E-state index is 12.3. The molecule has 3 unspecified atom stereocenters. The zero-order chi connectivity index (χ0) is 22.2. The first-order chi connectivity index (χ1) is 15.0. The Morgan fingerprint density at radius 2 is 1.74 bits per heavy atom. The summed E-state index contributed by atoms with van der Waals surface area (Å²) in [5.41, 5.74) is 1.98. The molecule has 0 spiro atoms. The molecule has 1 fully saturated rings. The van der Waals surface area contributed by atoms with Gasteiger partial charge in [-0.15, -0.1) is 0 Å². The van der Waals surface area contributed by atoms with E-state index >= 15 is 0 Å². The van der Waals surface area contributed by atoms with Crippen LogP contribution in [0.15, 0.2) is 60.7 Å². The van der Waals surface area contributed by atoms with Crippen molar-refractivity contribution in [2.24, 2.45) is 11.8 Å². The van der Waals surface area contributed by atoms with E-state index in [0.717, 1.165) is 11.1 Å². The Hall–Kier alpha value is -2.77. The summed E-state index contributed by atoms with van der Waals surface area (Å²) >= 11 is 0. The van der Waals surface area contributed by atoms with Crippen molar-refractivity contribution in [3.8, 4) is 0 Å². The first kappa shape index (κ1) is 22.9. The minimum Gasteiger partial charge on any atom is -0.464 e. The number of esters is 1. The normalized spacial score (nSPS) is 22.6. The molecular formula is C24H30N2O5. The number of carbonyl (C=O) groups is 1. The molecule has 2 N–H and O–H groups in total. The summed E-state index contributed by atoms with van der Waals surface area (Å²) in [6.07, 6.45) is 0.0179. The van der Waals surface area contributed by atoms with E-state index in [9.17, 15) is 20.0 Å². The molecule has 1 saturated carbocycles. The molecule has 0 bridgehead atoms. The van der Waals surface area contributed by atoms with E-state index in [2.05, 4.69) is 5.32 Å². The van der Waals surface area contributed by atoms with Crippen molar-refractivity contribution in [1.29, 1.82) is 0 Å². The van der Waals surface area contributed by atoms with E-state index in [4.69, 9.17) is 4.74 Å². The zero-order valence-corrected chi connectivity index (χ0v) is 17.7. The highest BCUT2D eigenvalue weighted by Gasteiger charge is 2.46. The lowest BCUT2D eigenvalue weighted by Gasteiger charge is -2.32. The molecule has 7 nitrogen and oxygen atoms in total. The third-order valence-electron chi connectivity index (χ3n) is 6.16. The van der Waals surface area contributed by atoms with Crippen molar-refractivity contribution in [3.63, 3.8) is 0 Å². The van der Waals surface area contributed by atoms with Crippen LogP contribution in [-0.4, -0.2) is 41.3 Å². The first-order valence-electron chi connectivity index (χ1n) is 10.8. The second-order valence-corrected chi connectivity index (χ2v) is 8.03. The molecule has 2 aromatic carbocycles. The highest BCUT2D eigenvalue weighted by Crippen LogP contribution is 2.42. The van der Waals surface area contributed by atoms with Crippen LogP contribution in [0.3, 0.4) is 0 Å². The Bertz CT molecular complexity index is 846. The average molecular weight is 427 g/mol.